The largest absolute Gasteiger partial charge is 0.483 e. The fourth-order valence-corrected chi connectivity index (χ4v) is 2.12. The minimum Gasteiger partial charge on any atom is -0.483 e. The molecule has 0 saturated carbocycles. The van der Waals surface area contributed by atoms with E-state index in [2.05, 4.69) is 0 Å². The average Bonchev–Trinajstić information content (AvgIpc) is 2.40. The summed E-state index contributed by atoms with van der Waals surface area (Å²) in [6.07, 6.45) is 1.73. The van der Waals surface area contributed by atoms with Gasteiger partial charge in [-0.2, -0.15) is 0 Å². The fourth-order valence-electron chi connectivity index (χ4n) is 2.12. The van der Waals surface area contributed by atoms with Crippen LogP contribution in [0.1, 0.15) is 25.0 Å². The quantitative estimate of drug-likeness (QED) is 0.918. The second-order valence-electron chi connectivity index (χ2n) is 6.01. The van der Waals surface area contributed by atoms with Crippen molar-refractivity contribution in [1.82, 2.24) is 4.57 Å². The first-order valence-corrected chi connectivity index (χ1v) is 7.02. The highest BCUT2D eigenvalue weighted by atomic mass is 16.5. The van der Waals surface area contributed by atoms with Crippen LogP contribution in [0.25, 0.3) is 0 Å². The van der Waals surface area contributed by atoms with Crippen LogP contribution in [-0.4, -0.2) is 10.1 Å². The molecule has 0 spiro atoms. The summed E-state index contributed by atoms with van der Waals surface area (Å²) in [4.78, 5) is 12.3. The molecule has 0 aliphatic heterocycles. The number of hydrogen-bond acceptors (Lipinski definition) is 3. The van der Waals surface area contributed by atoms with E-state index in [0.717, 1.165) is 11.1 Å². The maximum atomic E-state index is 12.3. The molecule has 1 aromatic carbocycles. The zero-order chi connectivity index (χ0) is 15.5. The van der Waals surface area contributed by atoms with Crippen LogP contribution in [0.15, 0.2) is 47.4 Å². The average molecular weight is 286 g/mol. The summed E-state index contributed by atoms with van der Waals surface area (Å²) in [5.41, 5.74) is 7.60. The molecule has 0 saturated heterocycles. The third kappa shape index (κ3) is 4.20. The van der Waals surface area contributed by atoms with Crippen molar-refractivity contribution in [3.63, 3.8) is 0 Å². The molecule has 4 heteroatoms. The van der Waals surface area contributed by atoms with Gasteiger partial charge in [-0.05, 0) is 44.0 Å². The Morgan fingerprint density at radius 2 is 1.90 bits per heavy atom. The molecule has 0 aliphatic carbocycles. The lowest BCUT2D eigenvalue weighted by Crippen LogP contribution is -2.40. The van der Waals surface area contributed by atoms with Gasteiger partial charge < -0.3 is 15.0 Å². The second-order valence-corrected chi connectivity index (χ2v) is 6.01. The van der Waals surface area contributed by atoms with E-state index >= 15 is 0 Å². The van der Waals surface area contributed by atoms with Crippen molar-refractivity contribution in [3.8, 4) is 5.75 Å². The van der Waals surface area contributed by atoms with Gasteiger partial charge in [-0.1, -0.05) is 24.3 Å². The summed E-state index contributed by atoms with van der Waals surface area (Å²) in [6, 6.07) is 11.5. The van der Waals surface area contributed by atoms with Gasteiger partial charge in [-0.25, -0.2) is 0 Å². The maximum absolute atomic E-state index is 12.3. The molecule has 0 amide bonds. The monoisotopic (exact) mass is 286 g/mol. The topological polar surface area (TPSA) is 57.2 Å². The first-order chi connectivity index (χ1) is 9.87. The number of hydrogen-bond donors (Lipinski definition) is 1. The van der Waals surface area contributed by atoms with Crippen molar-refractivity contribution in [2.75, 3.05) is 0 Å². The summed E-state index contributed by atoms with van der Waals surface area (Å²) in [7, 11) is 0. The van der Waals surface area contributed by atoms with Gasteiger partial charge >= 0.3 is 0 Å². The van der Waals surface area contributed by atoms with Crippen molar-refractivity contribution >= 4 is 0 Å². The molecule has 112 valence electrons. The Bertz CT molecular complexity index is 669. The standard InChI is InChI=1S/C17H22N2O2/c1-13-7-4-5-8-14(13)11-21-15-9-6-10-19(16(15)20)12-17(2,3)18/h4-10H,11-12,18H2,1-3H3. The molecule has 1 aromatic heterocycles. The van der Waals surface area contributed by atoms with Crippen molar-refractivity contribution in [3.05, 3.63) is 64.1 Å². The molecular formula is C17H22N2O2. The van der Waals surface area contributed by atoms with Gasteiger partial charge in [0.05, 0.1) is 0 Å². The highest BCUT2D eigenvalue weighted by molar-refractivity contribution is 5.26. The lowest BCUT2D eigenvalue weighted by Gasteiger charge is -2.20. The molecule has 0 bridgehead atoms. The lowest BCUT2D eigenvalue weighted by atomic mass is 10.1. The third-order valence-corrected chi connectivity index (χ3v) is 3.21. The first kappa shape index (κ1) is 15.3. The van der Waals surface area contributed by atoms with E-state index in [9.17, 15) is 4.79 Å². The fraction of sp³-hybridized carbons (Fsp3) is 0.353. The van der Waals surface area contributed by atoms with Crippen LogP contribution < -0.4 is 16.0 Å². The van der Waals surface area contributed by atoms with E-state index in [0.29, 0.717) is 18.9 Å². The summed E-state index contributed by atoms with van der Waals surface area (Å²) >= 11 is 0. The summed E-state index contributed by atoms with van der Waals surface area (Å²) in [5, 5.41) is 0. The highest BCUT2D eigenvalue weighted by Crippen LogP contribution is 2.11. The minimum atomic E-state index is -0.446. The van der Waals surface area contributed by atoms with Gasteiger partial charge in [0.25, 0.3) is 5.56 Å². The van der Waals surface area contributed by atoms with Crippen LogP contribution in [-0.2, 0) is 13.2 Å². The van der Waals surface area contributed by atoms with Crippen molar-refractivity contribution in [2.45, 2.75) is 39.5 Å². The van der Waals surface area contributed by atoms with Gasteiger partial charge in [0.2, 0.25) is 0 Å². The van der Waals surface area contributed by atoms with E-state index in [1.165, 1.54) is 0 Å². The number of rotatable bonds is 5. The van der Waals surface area contributed by atoms with E-state index < -0.39 is 5.54 Å². The van der Waals surface area contributed by atoms with Gasteiger partial charge in [0.1, 0.15) is 6.61 Å². The van der Waals surface area contributed by atoms with Crippen LogP contribution >= 0.6 is 0 Å². The van der Waals surface area contributed by atoms with Gasteiger partial charge in [-0.3, -0.25) is 4.79 Å². The molecule has 0 unspecified atom stereocenters. The number of aromatic nitrogens is 1. The van der Waals surface area contributed by atoms with Crippen LogP contribution in [0.3, 0.4) is 0 Å². The molecule has 0 atom stereocenters. The third-order valence-electron chi connectivity index (χ3n) is 3.21. The highest BCUT2D eigenvalue weighted by Gasteiger charge is 2.14. The second kappa shape index (κ2) is 6.14. The van der Waals surface area contributed by atoms with E-state index in [-0.39, 0.29) is 5.56 Å². The molecule has 0 aliphatic rings. The van der Waals surface area contributed by atoms with E-state index in [4.69, 9.17) is 10.5 Å². The Hall–Kier alpha value is -2.07. The van der Waals surface area contributed by atoms with Gasteiger partial charge in [0.15, 0.2) is 5.75 Å². The number of nitrogens with zero attached hydrogens (tertiary/aromatic N) is 1. The Morgan fingerprint density at radius 1 is 1.19 bits per heavy atom. The molecule has 4 nitrogen and oxygen atoms in total. The Labute approximate surface area is 125 Å². The molecule has 0 radical (unpaired) electrons. The smallest absolute Gasteiger partial charge is 0.292 e. The Balaban J connectivity index is 2.16. The number of ether oxygens (including phenoxy) is 1. The number of nitrogens with two attached hydrogens (primary N) is 1. The Kier molecular flexibility index (Phi) is 4.48. The summed E-state index contributed by atoms with van der Waals surface area (Å²) < 4.78 is 7.28. The predicted molar refractivity (Wildman–Crippen MR) is 84.5 cm³/mol. The molecule has 21 heavy (non-hydrogen) atoms. The maximum Gasteiger partial charge on any atom is 0.292 e. The molecule has 1 heterocycles. The number of pyridine rings is 1. The van der Waals surface area contributed by atoms with E-state index in [1.807, 2.05) is 45.0 Å². The Morgan fingerprint density at radius 3 is 2.57 bits per heavy atom. The van der Waals surface area contributed by atoms with Gasteiger partial charge in [-0.15, -0.1) is 0 Å². The zero-order valence-electron chi connectivity index (χ0n) is 12.8. The van der Waals surface area contributed by atoms with Crippen LogP contribution in [0.5, 0.6) is 5.75 Å². The van der Waals surface area contributed by atoms with Crippen LogP contribution in [0, 0.1) is 6.92 Å². The first-order valence-electron chi connectivity index (χ1n) is 7.02. The van der Waals surface area contributed by atoms with Crippen LogP contribution in [0.2, 0.25) is 0 Å². The minimum absolute atomic E-state index is 0.149. The molecular weight excluding hydrogens is 264 g/mol. The van der Waals surface area contributed by atoms with Crippen LogP contribution in [0.4, 0.5) is 0 Å². The number of aryl methyl sites for hydroxylation is 1. The van der Waals surface area contributed by atoms with Crippen molar-refractivity contribution < 1.29 is 4.74 Å². The molecule has 0 fully saturated rings. The predicted octanol–water partition coefficient (Wildman–Crippen LogP) is 2.47. The van der Waals surface area contributed by atoms with Crippen molar-refractivity contribution in [2.24, 2.45) is 5.73 Å². The van der Waals surface area contributed by atoms with E-state index in [1.54, 1.807) is 22.9 Å². The number of benzene rings is 1. The summed E-state index contributed by atoms with van der Waals surface area (Å²) in [6.45, 7) is 6.64. The molecule has 2 N–H and O–H groups in total. The zero-order valence-corrected chi connectivity index (χ0v) is 12.8. The SMILES string of the molecule is Cc1ccccc1COc1cccn(CC(C)(C)N)c1=O. The van der Waals surface area contributed by atoms with Crippen molar-refractivity contribution in [1.29, 1.82) is 0 Å². The van der Waals surface area contributed by atoms with Gasteiger partial charge in [0, 0.05) is 18.3 Å². The molecule has 2 rings (SSSR count). The molecule has 2 aromatic rings. The summed E-state index contributed by atoms with van der Waals surface area (Å²) in [5.74, 6) is 0.352. The normalized spacial score (nSPS) is 11.4. The lowest BCUT2D eigenvalue weighted by molar-refractivity contribution is 0.296.